The largest absolute Gasteiger partial charge is 0.280 e. The highest BCUT2D eigenvalue weighted by atomic mass is 35.5. The number of fused-ring (bicyclic) bond motifs is 1. The number of para-hydroxylation sites is 1. The van der Waals surface area contributed by atoms with E-state index in [9.17, 15) is 8.78 Å². The molecule has 4 heteroatoms. The van der Waals surface area contributed by atoms with E-state index >= 15 is 0 Å². The highest BCUT2D eigenvalue weighted by Gasteiger charge is 2.14. The van der Waals surface area contributed by atoms with Gasteiger partial charge in [-0.25, -0.2) is 13.8 Å². The van der Waals surface area contributed by atoms with Crippen molar-refractivity contribution in [3.63, 3.8) is 0 Å². The van der Waals surface area contributed by atoms with Crippen molar-refractivity contribution < 1.29 is 8.78 Å². The van der Waals surface area contributed by atoms with Crippen molar-refractivity contribution in [2.24, 2.45) is 0 Å². The van der Waals surface area contributed by atoms with Crippen LogP contribution < -0.4 is 0 Å². The van der Waals surface area contributed by atoms with Crippen LogP contribution in [0.4, 0.5) is 8.78 Å². The molecule has 0 atom stereocenters. The first kappa shape index (κ1) is 13.0. The molecule has 0 bridgehead atoms. The lowest BCUT2D eigenvalue weighted by molar-refractivity contribution is 0.146. The molecule has 3 rings (SSSR count). The minimum atomic E-state index is -2.64. The van der Waals surface area contributed by atoms with Crippen LogP contribution in [0.3, 0.4) is 0 Å². The van der Waals surface area contributed by atoms with Crippen molar-refractivity contribution in [2.45, 2.75) is 6.43 Å². The van der Waals surface area contributed by atoms with Gasteiger partial charge in [0.1, 0.15) is 5.69 Å². The van der Waals surface area contributed by atoms with Crippen LogP contribution in [0, 0.1) is 0 Å². The average Bonchev–Trinajstić information content (AvgIpc) is 2.47. The molecule has 0 unspecified atom stereocenters. The van der Waals surface area contributed by atoms with Crippen LogP contribution in [0.2, 0.25) is 5.02 Å². The fraction of sp³-hybridized carbons (Fsp3) is 0.0625. The Hall–Kier alpha value is -2.00. The van der Waals surface area contributed by atoms with Gasteiger partial charge in [0.15, 0.2) is 0 Å². The second-order valence-corrected chi connectivity index (χ2v) is 4.80. The summed E-state index contributed by atoms with van der Waals surface area (Å²) in [5, 5.41) is 0.973. The summed E-state index contributed by atoms with van der Waals surface area (Å²) in [5.41, 5.74) is 1.92. The summed E-state index contributed by atoms with van der Waals surface area (Å²) in [6.45, 7) is 0. The first-order valence-electron chi connectivity index (χ1n) is 6.09. The van der Waals surface area contributed by atoms with Gasteiger partial charge in [-0.1, -0.05) is 60.1 Å². The van der Waals surface area contributed by atoms with Crippen LogP contribution in [0.5, 0.6) is 0 Å². The third kappa shape index (κ3) is 2.25. The molecule has 0 fully saturated rings. The summed E-state index contributed by atoms with van der Waals surface area (Å²) in [6.07, 6.45) is -2.64. The van der Waals surface area contributed by atoms with Gasteiger partial charge in [-0.05, 0) is 11.6 Å². The van der Waals surface area contributed by atoms with E-state index in [0.717, 1.165) is 11.1 Å². The zero-order valence-electron chi connectivity index (χ0n) is 10.4. The predicted molar refractivity (Wildman–Crippen MR) is 77.1 cm³/mol. The molecule has 1 heterocycles. The summed E-state index contributed by atoms with van der Waals surface area (Å²) >= 11 is 6.09. The maximum Gasteiger partial charge on any atom is 0.280 e. The summed E-state index contributed by atoms with van der Waals surface area (Å²) in [5.74, 6) is 0. The van der Waals surface area contributed by atoms with E-state index in [2.05, 4.69) is 4.98 Å². The highest BCUT2D eigenvalue weighted by Crippen LogP contribution is 2.33. The number of alkyl halides is 2. The van der Waals surface area contributed by atoms with E-state index in [4.69, 9.17) is 11.6 Å². The molecule has 0 radical (unpaired) electrons. The van der Waals surface area contributed by atoms with Gasteiger partial charge in [0.2, 0.25) is 0 Å². The van der Waals surface area contributed by atoms with Crippen molar-refractivity contribution >= 4 is 22.5 Å². The molecule has 1 nitrogen and oxygen atoms in total. The van der Waals surface area contributed by atoms with Gasteiger partial charge in [0.25, 0.3) is 6.43 Å². The van der Waals surface area contributed by atoms with Gasteiger partial charge < -0.3 is 0 Å². The quantitative estimate of drug-likeness (QED) is 0.607. The van der Waals surface area contributed by atoms with Crippen LogP contribution >= 0.6 is 11.6 Å². The van der Waals surface area contributed by atoms with Gasteiger partial charge in [-0.15, -0.1) is 0 Å². The monoisotopic (exact) mass is 289 g/mol. The van der Waals surface area contributed by atoms with Crippen molar-refractivity contribution in [1.82, 2.24) is 4.98 Å². The minimum Gasteiger partial charge on any atom is -0.246 e. The smallest absolute Gasteiger partial charge is 0.246 e. The zero-order valence-corrected chi connectivity index (χ0v) is 11.1. The average molecular weight is 290 g/mol. The normalized spacial score (nSPS) is 11.2. The lowest BCUT2D eigenvalue weighted by atomic mass is 10.0. The number of pyridine rings is 1. The van der Waals surface area contributed by atoms with Crippen LogP contribution in [0.1, 0.15) is 12.1 Å². The molecule has 0 spiro atoms. The molecule has 0 N–H and O–H groups in total. The highest BCUT2D eigenvalue weighted by molar-refractivity contribution is 6.35. The van der Waals surface area contributed by atoms with Gasteiger partial charge in [0, 0.05) is 10.9 Å². The lowest BCUT2D eigenvalue weighted by Gasteiger charge is -2.09. The molecular formula is C16H10ClF2N. The topological polar surface area (TPSA) is 12.9 Å². The molecule has 0 aliphatic carbocycles. The fourth-order valence-corrected chi connectivity index (χ4v) is 2.45. The number of aromatic nitrogens is 1. The maximum absolute atomic E-state index is 12.9. The molecule has 0 aliphatic heterocycles. The summed E-state index contributed by atoms with van der Waals surface area (Å²) in [4.78, 5) is 4.08. The number of benzene rings is 2. The number of halogens is 3. The van der Waals surface area contributed by atoms with E-state index < -0.39 is 6.43 Å². The van der Waals surface area contributed by atoms with Gasteiger partial charge in [-0.2, -0.15) is 0 Å². The Kier molecular flexibility index (Phi) is 3.36. The third-order valence-corrected chi connectivity index (χ3v) is 3.43. The number of hydrogen-bond donors (Lipinski definition) is 0. The van der Waals surface area contributed by atoms with E-state index in [0.29, 0.717) is 15.9 Å². The molecule has 0 saturated heterocycles. The Bertz CT molecular complexity index is 757. The van der Waals surface area contributed by atoms with Gasteiger partial charge in [0.05, 0.1) is 10.5 Å². The summed E-state index contributed by atoms with van der Waals surface area (Å²) in [7, 11) is 0. The van der Waals surface area contributed by atoms with Crippen LogP contribution in [0.15, 0.2) is 54.6 Å². The standard InChI is InChI=1S/C16H10ClF2N/c17-13-9-14(16(18)19)20-15-11(7-4-8-12(13)15)10-5-2-1-3-6-10/h1-9,16H. The first-order chi connectivity index (χ1) is 9.66. The van der Waals surface area contributed by atoms with Crippen molar-refractivity contribution in [1.29, 1.82) is 0 Å². The molecule has 3 aromatic rings. The van der Waals surface area contributed by atoms with Crippen molar-refractivity contribution in [3.8, 4) is 11.1 Å². The summed E-state index contributed by atoms with van der Waals surface area (Å²) < 4.78 is 25.8. The second-order valence-electron chi connectivity index (χ2n) is 4.40. The third-order valence-electron chi connectivity index (χ3n) is 3.12. The van der Waals surface area contributed by atoms with Crippen LogP contribution in [-0.4, -0.2) is 4.98 Å². The molecule has 2 aromatic carbocycles. The molecule has 0 amide bonds. The molecule has 1 aromatic heterocycles. The van der Waals surface area contributed by atoms with Crippen molar-refractivity contribution in [2.75, 3.05) is 0 Å². The Balaban J connectivity index is 2.33. The second kappa shape index (κ2) is 5.17. The van der Waals surface area contributed by atoms with Gasteiger partial charge in [-0.3, -0.25) is 0 Å². The van der Waals surface area contributed by atoms with E-state index in [1.807, 2.05) is 42.5 Å². The maximum atomic E-state index is 12.9. The molecular weight excluding hydrogens is 280 g/mol. The Morgan fingerprint density at radius 3 is 2.40 bits per heavy atom. The molecule has 100 valence electrons. The summed E-state index contributed by atoms with van der Waals surface area (Å²) in [6, 6.07) is 16.2. The number of nitrogens with zero attached hydrogens (tertiary/aromatic N) is 1. The van der Waals surface area contributed by atoms with E-state index in [-0.39, 0.29) is 5.69 Å². The Labute approximate surface area is 119 Å². The number of hydrogen-bond acceptors (Lipinski definition) is 1. The molecule has 20 heavy (non-hydrogen) atoms. The van der Waals surface area contributed by atoms with Gasteiger partial charge >= 0.3 is 0 Å². The Morgan fingerprint density at radius 2 is 1.70 bits per heavy atom. The lowest BCUT2D eigenvalue weighted by Crippen LogP contribution is -1.93. The first-order valence-corrected chi connectivity index (χ1v) is 6.47. The zero-order chi connectivity index (χ0) is 14.1. The van der Waals surface area contributed by atoms with Crippen molar-refractivity contribution in [3.05, 3.63) is 65.3 Å². The van der Waals surface area contributed by atoms with E-state index in [1.54, 1.807) is 6.07 Å². The predicted octanol–water partition coefficient (Wildman–Crippen LogP) is 5.49. The van der Waals surface area contributed by atoms with Crippen LogP contribution in [-0.2, 0) is 0 Å². The fourth-order valence-electron chi connectivity index (χ4n) is 2.19. The molecule has 0 saturated carbocycles. The van der Waals surface area contributed by atoms with E-state index in [1.165, 1.54) is 6.07 Å². The minimum absolute atomic E-state index is 0.295. The Morgan fingerprint density at radius 1 is 0.950 bits per heavy atom. The molecule has 0 aliphatic rings. The van der Waals surface area contributed by atoms with Crippen LogP contribution in [0.25, 0.3) is 22.0 Å². The number of rotatable bonds is 2. The SMILES string of the molecule is FC(F)c1cc(Cl)c2cccc(-c3ccccc3)c2n1.